The highest BCUT2D eigenvalue weighted by Gasteiger charge is 2.51. The van der Waals surface area contributed by atoms with Crippen LogP contribution in [0.4, 0.5) is 0 Å². The van der Waals surface area contributed by atoms with Crippen LogP contribution in [0.2, 0.25) is 0 Å². The van der Waals surface area contributed by atoms with Crippen LogP contribution in [0.1, 0.15) is 68.4 Å². The highest BCUT2D eigenvalue weighted by Crippen LogP contribution is 2.36. The van der Waals surface area contributed by atoms with Crippen LogP contribution in [0.15, 0.2) is 35.4 Å². The zero-order valence-corrected chi connectivity index (χ0v) is 28.8. The van der Waals surface area contributed by atoms with Crippen molar-refractivity contribution in [2.24, 2.45) is 5.92 Å². The Morgan fingerprint density at radius 1 is 0.837 bits per heavy atom. The van der Waals surface area contributed by atoms with E-state index in [0.717, 1.165) is 37.1 Å². The fourth-order valence-corrected chi connectivity index (χ4v) is 7.15. The van der Waals surface area contributed by atoms with Crippen molar-refractivity contribution < 1.29 is 59.1 Å². The fourth-order valence-electron chi connectivity index (χ4n) is 7.15. The zero-order chi connectivity index (χ0) is 35.4. The minimum absolute atomic E-state index is 0.308. The van der Waals surface area contributed by atoms with Gasteiger partial charge in [-0.1, -0.05) is 23.3 Å². The van der Waals surface area contributed by atoms with Crippen molar-refractivity contribution >= 4 is 5.97 Å². The molecule has 1 aromatic carbocycles. The van der Waals surface area contributed by atoms with E-state index in [2.05, 4.69) is 4.90 Å². The lowest BCUT2D eigenvalue weighted by Crippen LogP contribution is -2.62. The van der Waals surface area contributed by atoms with E-state index in [1.54, 1.807) is 12.1 Å². The van der Waals surface area contributed by atoms with Gasteiger partial charge in [0.15, 0.2) is 12.4 Å². The molecule has 0 radical (unpaired) electrons. The van der Waals surface area contributed by atoms with Gasteiger partial charge in [-0.2, -0.15) is 0 Å². The van der Waals surface area contributed by atoms with Gasteiger partial charge in [-0.15, -0.1) is 0 Å². The van der Waals surface area contributed by atoms with Crippen molar-refractivity contribution in [2.75, 3.05) is 32.9 Å². The molecule has 11 atom stereocenters. The van der Waals surface area contributed by atoms with Gasteiger partial charge in [-0.3, -0.25) is 4.90 Å². The third-order valence-electron chi connectivity index (χ3n) is 9.96. The maximum atomic E-state index is 13.6. The molecule has 4 aliphatic heterocycles. The summed E-state index contributed by atoms with van der Waals surface area (Å²) in [5.41, 5.74) is 3.70. The number of carbonyl (C=O) groups is 1. The van der Waals surface area contributed by atoms with Gasteiger partial charge in [0.2, 0.25) is 6.29 Å². The number of nitrogens with zero attached hydrogens (tertiary/aromatic N) is 1. The number of esters is 1. The monoisotopic (exact) mass is 691 g/mol. The van der Waals surface area contributed by atoms with Crippen LogP contribution in [0.25, 0.3) is 0 Å². The quantitative estimate of drug-likeness (QED) is 0.127. The molecular formula is C36H53NO12. The zero-order valence-electron chi connectivity index (χ0n) is 28.8. The van der Waals surface area contributed by atoms with Gasteiger partial charge in [0.1, 0.15) is 42.4 Å². The summed E-state index contributed by atoms with van der Waals surface area (Å²) in [5.74, 6) is 0.226. The number of aliphatic hydroxyl groups is 6. The van der Waals surface area contributed by atoms with Crippen molar-refractivity contribution in [1.82, 2.24) is 4.90 Å². The lowest BCUT2D eigenvalue weighted by molar-refractivity contribution is -0.320. The summed E-state index contributed by atoms with van der Waals surface area (Å²) in [7, 11) is 0. The average molecular weight is 692 g/mol. The standard InChI is InChI=1S/C36H53NO12/c1-19(2)7-9-21-14-24(34(44)45-18-23-11-13-37-12-5-6-25(23)37)15-22(10-8-20(3)4)32(21)48-36-33(30(42)28(40)26(16-38)47-36)49-35-31(43)29(41)27(17-39)46-35/h7-8,14-15,23,25-31,33,35-36,38-43H,5-6,9-13,16-18H2,1-4H3/t23-,25-,26-,27+,28-,29+,30+,31-,33-,35+,36+/m1/s1. The molecule has 4 fully saturated rings. The molecule has 0 spiro atoms. The van der Waals surface area contributed by atoms with Crippen LogP contribution in [-0.4, -0.2) is 136 Å². The summed E-state index contributed by atoms with van der Waals surface area (Å²) in [6.45, 7) is 9.07. The van der Waals surface area contributed by atoms with E-state index in [4.69, 9.17) is 23.7 Å². The third-order valence-corrected chi connectivity index (χ3v) is 9.96. The summed E-state index contributed by atoms with van der Waals surface area (Å²) >= 11 is 0. The Kier molecular flexibility index (Phi) is 12.9. The second-order valence-corrected chi connectivity index (χ2v) is 14.1. The largest absolute Gasteiger partial charge is 0.462 e. The summed E-state index contributed by atoms with van der Waals surface area (Å²) in [4.78, 5) is 16.1. The maximum Gasteiger partial charge on any atom is 0.338 e. The molecular weight excluding hydrogens is 638 g/mol. The number of rotatable bonds is 13. The van der Waals surface area contributed by atoms with Crippen molar-refractivity contribution in [3.8, 4) is 5.75 Å². The van der Waals surface area contributed by atoms with Gasteiger partial charge in [-0.25, -0.2) is 4.79 Å². The Morgan fingerprint density at radius 3 is 2.02 bits per heavy atom. The molecule has 274 valence electrons. The first-order valence-corrected chi connectivity index (χ1v) is 17.3. The molecule has 0 saturated carbocycles. The van der Waals surface area contributed by atoms with Gasteiger partial charge in [0.05, 0.1) is 25.4 Å². The minimum atomic E-state index is -1.67. The Balaban J connectivity index is 1.47. The smallest absolute Gasteiger partial charge is 0.338 e. The lowest BCUT2D eigenvalue weighted by atomic mass is 9.96. The number of ether oxygens (including phenoxy) is 5. The lowest BCUT2D eigenvalue weighted by Gasteiger charge is -2.43. The topological polar surface area (TPSA) is 188 Å². The van der Waals surface area contributed by atoms with Gasteiger partial charge in [0.25, 0.3) is 0 Å². The Labute approximate surface area is 287 Å². The number of fused-ring (bicyclic) bond motifs is 1. The molecule has 0 aliphatic carbocycles. The van der Waals surface area contributed by atoms with Gasteiger partial charge >= 0.3 is 5.97 Å². The summed E-state index contributed by atoms with van der Waals surface area (Å²) in [6, 6.07) is 3.90. The van der Waals surface area contributed by atoms with Crippen LogP contribution in [-0.2, 0) is 31.8 Å². The molecule has 6 N–H and O–H groups in total. The number of allylic oxidation sites excluding steroid dienone is 4. The molecule has 13 nitrogen and oxygen atoms in total. The van der Waals surface area contributed by atoms with E-state index < -0.39 is 74.5 Å². The summed E-state index contributed by atoms with van der Waals surface area (Å²) in [5, 5.41) is 62.2. The highest BCUT2D eigenvalue weighted by atomic mass is 16.8. The molecule has 13 heteroatoms. The number of hydrogen-bond acceptors (Lipinski definition) is 13. The predicted octanol–water partition coefficient (Wildman–Crippen LogP) is 0.987. The molecule has 5 rings (SSSR count). The van der Waals surface area contributed by atoms with E-state index in [1.807, 2.05) is 39.8 Å². The minimum Gasteiger partial charge on any atom is -0.462 e. The van der Waals surface area contributed by atoms with Crippen molar-refractivity contribution in [1.29, 1.82) is 0 Å². The Hall–Kier alpha value is -2.43. The molecule has 49 heavy (non-hydrogen) atoms. The van der Waals surface area contributed by atoms with Gasteiger partial charge in [-0.05, 0) is 96.1 Å². The highest BCUT2D eigenvalue weighted by molar-refractivity contribution is 5.90. The van der Waals surface area contributed by atoms with Gasteiger partial charge < -0.3 is 54.3 Å². The van der Waals surface area contributed by atoms with Crippen LogP contribution in [0, 0.1) is 5.92 Å². The summed E-state index contributed by atoms with van der Waals surface area (Å²) in [6.07, 6.45) is -5.06. The molecule has 4 aliphatic rings. The molecule has 4 heterocycles. The second kappa shape index (κ2) is 16.7. The van der Waals surface area contributed by atoms with E-state index in [-0.39, 0.29) is 0 Å². The van der Waals surface area contributed by atoms with Crippen molar-refractivity contribution in [2.45, 2.75) is 121 Å². The molecule has 1 aromatic rings. The fraction of sp³-hybridized carbons (Fsp3) is 0.694. The van der Waals surface area contributed by atoms with Gasteiger partial charge in [0, 0.05) is 12.0 Å². The molecule has 0 unspecified atom stereocenters. The average Bonchev–Trinajstić information content (AvgIpc) is 3.77. The van der Waals surface area contributed by atoms with E-state index >= 15 is 0 Å². The Bertz CT molecular complexity index is 1300. The maximum absolute atomic E-state index is 13.6. The number of carbonyl (C=O) groups excluding carboxylic acids is 1. The van der Waals surface area contributed by atoms with E-state index in [0.29, 0.717) is 53.8 Å². The predicted molar refractivity (Wildman–Crippen MR) is 177 cm³/mol. The molecule has 4 saturated heterocycles. The van der Waals surface area contributed by atoms with Crippen molar-refractivity contribution in [3.63, 3.8) is 0 Å². The SMILES string of the molecule is CC(C)=CCc1cc(C(=O)OC[C@H]2CCN3CCC[C@H]23)cc(CC=C(C)C)c1O[C@@H]1O[C@H](CO)[C@@H](O)[C@H](O)[C@H]1O[C@@H]1O[C@@H](CO)[C@H](O)[C@H]1O. The molecule has 0 aromatic heterocycles. The first kappa shape index (κ1) is 37.8. The van der Waals surface area contributed by atoms with Crippen molar-refractivity contribution in [3.05, 3.63) is 52.1 Å². The number of aliphatic hydroxyl groups excluding tert-OH is 6. The van der Waals surface area contributed by atoms with Crippen LogP contribution >= 0.6 is 0 Å². The first-order chi connectivity index (χ1) is 23.4. The molecule has 0 amide bonds. The van der Waals surface area contributed by atoms with E-state index in [9.17, 15) is 35.4 Å². The Morgan fingerprint density at radius 2 is 1.43 bits per heavy atom. The molecule has 0 bridgehead atoms. The second-order valence-electron chi connectivity index (χ2n) is 14.1. The normalized spacial score (nSPS) is 34.4. The summed E-state index contributed by atoms with van der Waals surface area (Å²) < 4.78 is 29.7. The number of hydrogen-bond donors (Lipinski definition) is 6. The number of benzene rings is 1. The van der Waals surface area contributed by atoms with Crippen LogP contribution in [0.3, 0.4) is 0 Å². The third kappa shape index (κ3) is 8.73. The van der Waals surface area contributed by atoms with Crippen LogP contribution < -0.4 is 4.74 Å². The van der Waals surface area contributed by atoms with E-state index in [1.165, 1.54) is 6.42 Å². The van der Waals surface area contributed by atoms with Crippen LogP contribution in [0.5, 0.6) is 5.75 Å². The first-order valence-electron chi connectivity index (χ1n) is 17.3.